The topological polar surface area (TPSA) is 34.1 Å². The van der Waals surface area contributed by atoms with Gasteiger partial charge in [0.15, 0.2) is 12.6 Å². The molecule has 18 heavy (non-hydrogen) atoms. The molecule has 0 fully saturated rings. The first-order valence-electron chi connectivity index (χ1n) is 5.08. The van der Waals surface area contributed by atoms with Crippen LogP contribution in [0.3, 0.4) is 0 Å². The second-order valence-electron chi connectivity index (χ2n) is 3.28. The van der Waals surface area contributed by atoms with E-state index in [1.165, 1.54) is 0 Å². The molecule has 0 unspecified atom stereocenters. The highest BCUT2D eigenvalue weighted by Crippen LogP contribution is 2.12. The first-order valence-corrected chi connectivity index (χ1v) is 6.25. The zero-order valence-corrected chi connectivity index (χ0v) is 11.7. The molecule has 0 saturated carbocycles. The Hall–Kier alpha value is -1.45. The van der Waals surface area contributed by atoms with E-state index in [1.807, 2.05) is 18.2 Å². The Bertz CT molecular complexity index is 491. The first-order chi connectivity index (χ1) is 8.69. The molecule has 0 aliphatic rings. The van der Waals surface area contributed by atoms with Gasteiger partial charge in [-0.1, -0.05) is 63.9 Å². The molecule has 0 N–H and O–H groups in total. The molecule has 0 aliphatic carbocycles. The molecule has 2 aromatic carbocycles. The maximum atomic E-state index is 10.2. The van der Waals surface area contributed by atoms with Crippen LogP contribution in [0, 0.1) is 0 Å². The minimum absolute atomic E-state index is 0.507. The van der Waals surface area contributed by atoms with Crippen molar-refractivity contribution in [3.63, 3.8) is 0 Å². The van der Waals surface area contributed by atoms with Crippen molar-refractivity contribution < 1.29 is 9.59 Å². The van der Waals surface area contributed by atoms with Gasteiger partial charge in [-0.3, -0.25) is 9.59 Å². The molecule has 0 aliphatic heterocycles. The van der Waals surface area contributed by atoms with Crippen LogP contribution in [0.2, 0.25) is 5.02 Å². The lowest BCUT2D eigenvalue weighted by Gasteiger charge is -1.90. The normalized spacial score (nSPS) is 9.00. The van der Waals surface area contributed by atoms with Gasteiger partial charge in [-0.05, 0) is 12.1 Å². The Balaban J connectivity index is 0.000000180. The predicted molar refractivity (Wildman–Crippen MR) is 76.4 cm³/mol. The molecule has 92 valence electrons. The van der Waals surface area contributed by atoms with Crippen molar-refractivity contribution in [2.24, 2.45) is 0 Å². The highest BCUT2D eigenvalue weighted by Gasteiger charge is 1.93. The van der Waals surface area contributed by atoms with E-state index >= 15 is 0 Å². The van der Waals surface area contributed by atoms with Crippen LogP contribution in [-0.2, 0) is 0 Å². The fourth-order valence-electron chi connectivity index (χ4n) is 1.14. The molecular weight excluding hydrogens is 316 g/mol. The third kappa shape index (κ3) is 4.43. The van der Waals surface area contributed by atoms with Crippen molar-refractivity contribution >= 4 is 40.1 Å². The molecule has 0 amide bonds. The van der Waals surface area contributed by atoms with Crippen molar-refractivity contribution in [1.82, 2.24) is 0 Å². The number of halogens is 2. The number of aldehydes is 2. The van der Waals surface area contributed by atoms with Crippen LogP contribution in [-0.4, -0.2) is 12.6 Å². The third-order valence-corrected chi connectivity index (χ3v) is 3.13. The van der Waals surface area contributed by atoms with E-state index < -0.39 is 0 Å². The van der Waals surface area contributed by atoms with Crippen molar-refractivity contribution in [1.29, 1.82) is 0 Å². The van der Waals surface area contributed by atoms with E-state index in [2.05, 4.69) is 15.9 Å². The largest absolute Gasteiger partial charge is 0.298 e. The summed E-state index contributed by atoms with van der Waals surface area (Å²) >= 11 is 8.82. The van der Waals surface area contributed by atoms with Gasteiger partial charge in [0.1, 0.15) is 0 Å². The van der Waals surface area contributed by atoms with Crippen LogP contribution in [0.25, 0.3) is 0 Å². The number of benzene rings is 2. The maximum Gasteiger partial charge on any atom is 0.151 e. The summed E-state index contributed by atoms with van der Waals surface area (Å²) in [4.78, 5) is 20.3. The summed E-state index contributed by atoms with van der Waals surface area (Å²) in [5, 5.41) is 0.507. The first kappa shape index (κ1) is 14.6. The Kier molecular flexibility index (Phi) is 6.33. The molecule has 0 aromatic heterocycles. The minimum atomic E-state index is 0.507. The number of rotatable bonds is 2. The van der Waals surface area contributed by atoms with Crippen LogP contribution in [0.1, 0.15) is 20.7 Å². The fourth-order valence-corrected chi connectivity index (χ4v) is 1.70. The lowest BCUT2D eigenvalue weighted by molar-refractivity contribution is 0.111. The van der Waals surface area contributed by atoms with Crippen LogP contribution >= 0.6 is 27.5 Å². The van der Waals surface area contributed by atoms with Gasteiger partial charge in [0.25, 0.3) is 0 Å². The summed E-state index contributed by atoms with van der Waals surface area (Å²) in [5.74, 6) is 0. The molecule has 4 heteroatoms. The number of hydrogen-bond donors (Lipinski definition) is 0. The van der Waals surface area contributed by atoms with Gasteiger partial charge in [0.05, 0.1) is 5.02 Å². The molecule has 0 heterocycles. The monoisotopic (exact) mass is 324 g/mol. The average Bonchev–Trinajstić information content (AvgIpc) is 2.41. The Labute approximate surface area is 119 Å². The second kappa shape index (κ2) is 7.80. The van der Waals surface area contributed by atoms with Gasteiger partial charge in [-0.25, -0.2) is 0 Å². The van der Waals surface area contributed by atoms with E-state index in [0.717, 1.165) is 17.0 Å². The highest BCUT2D eigenvalue weighted by molar-refractivity contribution is 9.10. The van der Waals surface area contributed by atoms with Gasteiger partial charge in [0, 0.05) is 15.6 Å². The quantitative estimate of drug-likeness (QED) is 0.766. The second-order valence-corrected chi connectivity index (χ2v) is 4.54. The van der Waals surface area contributed by atoms with Crippen molar-refractivity contribution in [3.05, 3.63) is 69.2 Å². The molecule has 0 atom stereocenters. The maximum absolute atomic E-state index is 10.2. The standard InChI is InChI=1S/C7H5BrO.C7H5ClO/c2*8-7-4-2-1-3-6(7)5-9/h2*1-5H. The number of hydrogen-bond acceptors (Lipinski definition) is 2. The zero-order chi connectivity index (χ0) is 13.4. The minimum Gasteiger partial charge on any atom is -0.298 e. The molecule has 2 nitrogen and oxygen atoms in total. The Morgan fingerprint density at radius 2 is 1.33 bits per heavy atom. The van der Waals surface area contributed by atoms with Gasteiger partial charge >= 0.3 is 0 Å². The summed E-state index contributed by atoms with van der Waals surface area (Å²) in [7, 11) is 0. The van der Waals surface area contributed by atoms with Crippen LogP contribution in [0.15, 0.2) is 53.0 Å². The van der Waals surface area contributed by atoms with Crippen molar-refractivity contribution in [2.45, 2.75) is 0 Å². The third-order valence-electron chi connectivity index (χ3n) is 2.06. The molecular formula is C14H10BrClO2. The smallest absolute Gasteiger partial charge is 0.151 e. The van der Waals surface area contributed by atoms with Crippen molar-refractivity contribution in [3.8, 4) is 0 Å². The number of carbonyl (C=O) groups is 2. The molecule has 0 saturated heterocycles. The van der Waals surface area contributed by atoms with Gasteiger partial charge < -0.3 is 0 Å². The predicted octanol–water partition coefficient (Wildman–Crippen LogP) is 4.41. The molecule has 0 spiro atoms. The SMILES string of the molecule is O=Cc1ccccc1Br.O=Cc1ccccc1Cl. The summed E-state index contributed by atoms with van der Waals surface area (Å²) in [6.45, 7) is 0. The molecule has 0 radical (unpaired) electrons. The van der Waals surface area contributed by atoms with E-state index in [1.54, 1.807) is 30.3 Å². The molecule has 0 bridgehead atoms. The van der Waals surface area contributed by atoms with Crippen molar-refractivity contribution in [2.75, 3.05) is 0 Å². The van der Waals surface area contributed by atoms with Gasteiger partial charge in [-0.2, -0.15) is 0 Å². The van der Waals surface area contributed by atoms with E-state index in [9.17, 15) is 9.59 Å². The average molecular weight is 326 g/mol. The van der Waals surface area contributed by atoms with Crippen LogP contribution < -0.4 is 0 Å². The number of carbonyl (C=O) groups excluding carboxylic acids is 2. The summed E-state index contributed by atoms with van der Waals surface area (Å²) in [6.07, 6.45) is 1.56. The molecule has 2 aromatic rings. The van der Waals surface area contributed by atoms with E-state index in [4.69, 9.17) is 11.6 Å². The van der Waals surface area contributed by atoms with Gasteiger partial charge in [0.2, 0.25) is 0 Å². The lowest BCUT2D eigenvalue weighted by atomic mass is 10.2. The summed E-state index contributed by atoms with van der Waals surface area (Å²) in [6, 6.07) is 14.2. The highest BCUT2D eigenvalue weighted by atomic mass is 79.9. The van der Waals surface area contributed by atoms with Gasteiger partial charge in [-0.15, -0.1) is 0 Å². The Morgan fingerprint density at radius 3 is 1.72 bits per heavy atom. The summed E-state index contributed by atoms with van der Waals surface area (Å²) < 4.78 is 0.847. The van der Waals surface area contributed by atoms with E-state index in [0.29, 0.717) is 16.1 Å². The zero-order valence-electron chi connectivity index (χ0n) is 9.35. The van der Waals surface area contributed by atoms with E-state index in [-0.39, 0.29) is 0 Å². The van der Waals surface area contributed by atoms with Crippen LogP contribution in [0.5, 0.6) is 0 Å². The van der Waals surface area contributed by atoms with Crippen LogP contribution in [0.4, 0.5) is 0 Å². The fraction of sp³-hybridized carbons (Fsp3) is 0. The molecule has 2 rings (SSSR count). The summed E-state index contributed by atoms with van der Waals surface area (Å²) in [5.41, 5.74) is 1.23. The Morgan fingerprint density at radius 1 is 0.833 bits per heavy atom. The lowest BCUT2D eigenvalue weighted by Crippen LogP contribution is -1.78.